The minimum Gasteiger partial charge on any atom is -0.380 e. The van der Waals surface area contributed by atoms with Crippen LogP contribution in [-0.4, -0.2) is 49.8 Å². The molecule has 3 nitrogen and oxygen atoms in total. The highest BCUT2D eigenvalue weighted by Gasteiger charge is 2.23. The van der Waals surface area contributed by atoms with Crippen LogP contribution in [-0.2, 0) is 4.74 Å². The number of rotatable bonds is 6. The van der Waals surface area contributed by atoms with Crippen LogP contribution in [0.5, 0.6) is 0 Å². The third kappa shape index (κ3) is 5.83. The van der Waals surface area contributed by atoms with Gasteiger partial charge in [0.2, 0.25) is 0 Å². The van der Waals surface area contributed by atoms with Crippen LogP contribution in [0.2, 0.25) is 0 Å². The lowest BCUT2D eigenvalue weighted by Crippen LogP contribution is -2.39. The smallest absolute Gasteiger partial charge is 0.0593 e. The molecule has 1 aliphatic heterocycles. The van der Waals surface area contributed by atoms with Crippen molar-refractivity contribution in [1.29, 1.82) is 0 Å². The third-order valence-electron chi connectivity index (χ3n) is 3.05. The highest BCUT2D eigenvalue weighted by atomic mass is 16.5. The van der Waals surface area contributed by atoms with Crippen LogP contribution in [0.15, 0.2) is 0 Å². The molecule has 16 heavy (non-hydrogen) atoms. The molecule has 1 rings (SSSR count). The summed E-state index contributed by atoms with van der Waals surface area (Å²) in [5, 5.41) is 3.59. The van der Waals surface area contributed by atoms with Gasteiger partial charge >= 0.3 is 0 Å². The first-order chi connectivity index (χ1) is 7.51. The standard InChI is InChI=1S/C13H28N2O/c1-5-16-9-8-15-7-6-12(11-15)10-14-13(2,3)4/h12,14H,5-11H2,1-4H3. The van der Waals surface area contributed by atoms with E-state index in [1.165, 1.54) is 19.5 Å². The summed E-state index contributed by atoms with van der Waals surface area (Å²) < 4.78 is 5.39. The van der Waals surface area contributed by atoms with Crippen molar-refractivity contribution >= 4 is 0 Å². The van der Waals surface area contributed by atoms with Gasteiger partial charge in [-0.15, -0.1) is 0 Å². The van der Waals surface area contributed by atoms with Crippen LogP contribution < -0.4 is 5.32 Å². The lowest BCUT2D eigenvalue weighted by atomic mass is 10.1. The van der Waals surface area contributed by atoms with E-state index in [-0.39, 0.29) is 5.54 Å². The first-order valence-corrected chi connectivity index (χ1v) is 6.56. The average Bonchev–Trinajstić information content (AvgIpc) is 2.62. The molecule has 0 bridgehead atoms. The molecule has 0 aliphatic carbocycles. The largest absolute Gasteiger partial charge is 0.380 e. The summed E-state index contributed by atoms with van der Waals surface area (Å²) >= 11 is 0. The van der Waals surface area contributed by atoms with Crippen molar-refractivity contribution in [2.45, 2.75) is 39.7 Å². The molecule has 0 amide bonds. The minimum absolute atomic E-state index is 0.249. The van der Waals surface area contributed by atoms with E-state index in [0.29, 0.717) is 0 Å². The van der Waals surface area contributed by atoms with Gasteiger partial charge in [-0.2, -0.15) is 0 Å². The Labute approximate surface area is 101 Å². The van der Waals surface area contributed by atoms with E-state index in [0.717, 1.165) is 32.2 Å². The SMILES string of the molecule is CCOCCN1CCC(CNC(C)(C)C)C1. The second kappa shape index (κ2) is 6.58. The fourth-order valence-electron chi connectivity index (χ4n) is 2.07. The van der Waals surface area contributed by atoms with Gasteiger partial charge in [0.25, 0.3) is 0 Å². The molecule has 1 saturated heterocycles. The summed E-state index contributed by atoms with van der Waals surface area (Å²) in [6, 6.07) is 0. The Bertz CT molecular complexity index is 189. The Morgan fingerprint density at radius 1 is 1.38 bits per heavy atom. The molecule has 1 fully saturated rings. The predicted molar refractivity (Wildman–Crippen MR) is 68.8 cm³/mol. The molecular formula is C13H28N2O. The fraction of sp³-hybridized carbons (Fsp3) is 1.00. The lowest BCUT2D eigenvalue weighted by Gasteiger charge is -2.23. The van der Waals surface area contributed by atoms with Crippen molar-refractivity contribution in [2.24, 2.45) is 5.92 Å². The summed E-state index contributed by atoms with van der Waals surface area (Å²) in [5.74, 6) is 0.820. The van der Waals surface area contributed by atoms with Gasteiger partial charge in [0.15, 0.2) is 0 Å². The maximum Gasteiger partial charge on any atom is 0.0593 e. The molecule has 1 N–H and O–H groups in total. The van der Waals surface area contributed by atoms with E-state index in [1.54, 1.807) is 0 Å². The molecule has 1 aliphatic rings. The zero-order valence-electron chi connectivity index (χ0n) is 11.4. The van der Waals surface area contributed by atoms with Crippen molar-refractivity contribution in [3.05, 3.63) is 0 Å². The van der Waals surface area contributed by atoms with Crippen molar-refractivity contribution in [3.63, 3.8) is 0 Å². The van der Waals surface area contributed by atoms with Gasteiger partial charge < -0.3 is 15.0 Å². The van der Waals surface area contributed by atoms with E-state index < -0.39 is 0 Å². The Morgan fingerprint density at radius 3 is 2.75 bits per heavy atom. The molecule has 96 valence electrons. The van der Waals surface area contributed by atoms with Crippen LogP contribution in [0.1, 0.15) is 34.1 Å². The second-order valence-electron chi connectivity index (χ2n) is 5.78. The molecule has 0 spiro atoms. The van der Waals surface area contributed by atoms with Crippen LogP contribution in [0.4, 0.5) is 0 Å². The summed E-state index contributed by atoms with van der Waals surface area (Å²) in [7, 11) is 0. The molecule has 0 aromatic heterocycles. The minimum atomic E-state index is 0.249. The fourth-order valence-corrected chi connectivity index (χ4v) is 2.07. The number of likely N-dealkylation sites (tertiary alicyclic amines) is 1. The Balaban J connectivity index is 2.10. The Morgan fingerprint density at radius 2 is 2.12 bits per heavy atom. The molecule has 0 radical (unpaired) electrons. The molecule has 0 aromatic carbocycles. The summed E-state index contributed by atoms with van der Waals surface area (Å²) in [6.07, 6.45) is 1.33. The molecule has 1 heterocycles. The third-order valence-corrected chi connectivity index (χ3v) is 3.05. The highest BCUT2D eigenvalue weighted by Crippen LogP contribution is 2.15. The summed E-state index contributed by atoms with van der Waals surface area (Å²) in [5.41, 5.74) is 0.249. The number of hydrogen-bond acceptors (Lipinski definition) is 3. The maximum absolute atomic E-state index is 5.39. The van der Waals surface area contributed by atoms with E-state index in [1.807, 2.05) is 0 Å². The molecular weight excluding hydrogens is 200 g/mol. The highest BCUT2D eigenvalue weighted by molar-refractivity contribution is 4.80. The average molecular weight is 228 g/mol. The predicted octanol–water partition coefficient (Wildman–Crippen LogP) is 1.73. The lowest BCUT2D eigenvalue weighted by molar-refractivity contribution is 0.120. The maximum atomic E-state index is 5.39. The van der Waals surface area contributed by atoms with Crippen LogP contribution in [0.3, 0.4) is 0 Å². The van der Waals surface area contributed by atoms with Gasteiger partial charge in [0, 0.05) is 25.2 Å². The number of nitrogens with zero attached hydrogens (tertiary/aromatic N) is 1. The zero-order chi connectivity index (χ0) is 12.0. The van der Waals surface area contributed by atoms with E-state index in [9.17, 15) is 0 Å². The van der Waals surface area contributed by atoms with Crippen molar-refractivity contribution in [2.75, 3.05) is 39.4 Å². The van der Waals surface area contributed by atoms with Gasteiger partial charge in [-0.05, 0) is 53.1 Å². The summed E-state index contributed by atoms with van der Waals surface area (Å²) in [6.45, 7) is 15.2. The van der Waals surface area contributed by atoms with Gasteiger partial charge in [-0.1, -0.05) is 0 Å². The van der Waals surface area contributed by atoms with E-state index in [4.69, 9.17) is 4.74 Å². The molecule has 0 aromatic rings. The Hall–Kier alpha value is -0.120. The normalized spacial score (nSPS) is 22.9. The zero-order valence-corrected chi connectivity index (χ0v) is 11.4. The Kier molecular flexibility index (Phi) is 5.73. The van der Waals surface area contributed by atoms with Crippen LogP contribution in [0.25, 0.3) is 0 Å². The van der Waals surface area contributed by atoms with Gasteiger partial charge in [-0.3, -0.25) is 0 Å². The molecule has 0 saturated carbocycles. The topological polar surface area (TPSA) is 24.5 Å². The van der Waals surface area contributed by atoms with Crippen molar-refractivity contribution < 1.29 is 4.74 Å². The van der Waals surface area contributed by atoms with Gasteiger partial charge in [-0.25, -0.2) is 0 Å². The second-order valence-corrected chi connectivity index (χ2v) is 5.78. The van der Waals surface area contributed by atoms with Gasteiger partial charge in [0.1, 0.15) is 0 Å². The van der Waals surface area contributed by atoms with Crippen molar-refractivity contribution in [3.8, 4) is 0 Å². The molecule has 1 atom stereocenters. The molecule has 1 unspecified atom stereocenters. The van der Waals surface area contributed by atoms with E-state index in [2.05, 4.69) is 37.9 Å². The first kappa shape index (κ1) is 13.9. The van der Waals surface area contributed by atoms with Crippen LogP contribution in [0, 0.1) is 5.92 Å². The van der Waals surface area contributed by atoms with Crippen molar-refractivity contribution in [1.82, 2.24) is 10.2 Å². The number of nitrogens with one attached hydrogen (secondary N) is 1. The number of hydrogen-bond donors (Lipinski definition) is 1. The quantitative estimate of drug-likeness (QED) is 0.701. The van der Waals surface area contributed by atoms with E-state index >= 15 is 0 Å². The molecule has 3 heteroatoms. The first-order valence-electron chi connectivity index (χ1n) is 6.56. The van der Waals surface area contributed by atoms with Crippen LogP contribution >= 0.6 is 0 Å². The van der Waals surface area contributed by atoms with Gasteiger partial charge in [0.05, 0.1) is 6.61 Å². The summed E-state index contributed by atoms with van der Waals surface area (Å²) in [4.78, 5) is 2.52. The number of ether oxygens (including phenoxy) is 1. The monoisotopic (exact) mass is 228 g/mol.